The van der Waals surface area contributed by atoms with Crippen LogP contribution in [0.15, 0.2) is 49.9 Å². The van der Waals surface area contributed by atoms with Gasteiger partial charge in [0.15, 0.2) is 17.8 Å². The Morgan fingerprint density at radius 2 is 1.74 bits per heavy atom. The molecule has 1 unspecified atom stereocenters. The monoisotopic (exact) mass is 486 g/mol. The minimum Gasteiger partial charge on any atom is -0.461 e. The second-order valence-electron chi connectivity index (χ2n) is 10.4. The van der Waals surface area contributed by atoms with Crippen molar-refractivity contribution in [2.75, 3.05) is 26.2 Å². The summed E-state index contributed by atoms with van der Waals surface area (Å²) in [5.41, 5.74) is 1.56. The van der Waals surface area contributed by atoms with Crippen molar-refractivity contribution >= 4 is 30.1 Å². The third-order valence-electron chi connectivity index (χ3n) is 5.09. The number of rotatable bonds is 3. The molecule has 1 aromatic heterocycles. The lowest BCUT2D eigenvalue weighted by molar-refractivity contribution is -0.830. The molecule has 12 nitrogen and oxygen atoms in total. The number of piperazine rings is 1. The number of aliphatic imine (C=N–C) groups is 2. The van der Waals surface area contributed by atoms with Crippen molar-refractivity contribution in [3.63, 3.8) is 0 Å². The maximum atomic E-state index is 12.7. The first-order valence-electron chi connectivity index (χ1n) is 11.5. The lowest BCUT2D eigenvalue weighted by Crippen LogP contribution is -2.58. The highest BCUT2D eigenvalue weighted by atomic mass is 16.6. The molecular weight excluding hydrogens is 454 g/mol. The normalized spacial score (nSPS) is 22.2. The van der Waals surface area contributed by atoms with Gasteiger partial charge in [-0.15, -0.1) is 5.43 Å². The van der Waals surface area contributed by atoms with E-state index in [1.54, 1.807) is 50.2 Å². The van der Waals surface area contributed by atoms with Crippen LogP contribution in [0.4, 0.5) is 9.59 Å². The predicted molar refractivity (Wildman–Crippen MR) is 128 cm³/mol. The van der Waals surface area contributed by atoms with Crippen molar-refractivity contribution in [3.05, 3.63) is 36.2 Å². The molecule has 35 heavy (non-hydrogen) atoms. The molecule has 3 aliphatic heterocycles. The third kappa shape index (κ3) is 5.70. The van der Waals surface area contributed by atoms with E-state index >= 15 is 0 Å². The molecule has 0 aliphatic carbocycles. The number of hydrogen-bond acceptors (Lipinski definition) is 9. The Labute approximate surface area is 204 Å². The molecule has 0 bridgehead atoms. The number of quaternary nitrogens is 1. The summed E-state index contributed by atoms with van der Waals surface area (Å²) in [6.07, 6.45) is 3.79. The molecule has 4 heterocycles. The van der Waals surface area contributed by atoms with Crippen LogP contribution in [0.3, 0.4) is 0 Å². The molecular formula is C23H32N7O5+. The van der Waals surface area contributed by atoms with E-state index < -0.39 is 22.0 Å². The van der Waals surface area contributed by atoms with E-state index in [1.165, 1.54) is 6.26 Å². The van der Waals surface area contributed by atoms with Crippen molar-refractivity contribution in [1.82, 2.24) is 15.2 Å². The minimum atomic E-state index is -0.693. The summed E-state index contributed by atoms with van der Waals surface area (Å²) in [5, 5.41) is 4.65. The Morgan fingerprint density at radius 3 is 2.34 bits per heavy atom. The first-order valence-corrected chi connectivity index (χ1v) is 11.5. The minimum absolute atomic E-state index is 0.319. The number of furan rings is 1. The second-order valence-corrected chi connectivity index (χ2v) is 10.4. The number of hydrogen-bond donors (Lipinski definition) is 1. The average Bonchev–Trinajstić information content (AvgIpc) is 3.38. The van der Waals surface area contributed by atoms with E-state index in [-0.39, 0.29) is 6.09 Å². The van der Waals surface area contributed by atoms with E-state index in [9.17, 15) is 9.59 Å². The molecule has 1 saturated heterocycles. The maximum Gasteiger partial charge on any atom is 0.455 e. The van der Waals surface area contributed by atoms with Crippen LogP contribution in [-0.4, -0.2) is 82.0 Å². The van der Waals surface area contributed by atoms with Crippen LogP contribution in [-0.2, 0) is 9.47 Å². The molecule has 2 amide bonds. The first kappa shape index (κ1) is 24.5. The van der Waals surface area contributed by atoms with Crippen molar-refractivity contribution in [2.24, 2.45) is 15.1 Å². The fourth-order valence-corrected chi connectivity index (χ4v) is 3.62. The predicted octanol–water partition coefficient (Wildman–Crippen LogP) is 3.05. The molecule has 1 N–H and O–H groups in total. The van der Waals surface area contributed by atoms with Crippen LogP contribution >= 0.6 is 0 Å². The van der Waals surface area contributed by atoms with Gasteiger partial charge in [0.05, 0.1) is 6.26 Å². The zero-order valence-electron chi connectivity index (χ0n) is 20.9. The smallest absolute Gasteiger partial charge is 0.455 e. The van der Waals surface area contributed by atoms with E-state index in [4.69, 9.17) is 13.9 Å². The number of nitrogens with zero attached hydrogens (tertiary/aromatic N) is 6. The van der Waals surface area contributed by atoms with E-state index in [1.807, 2.05) is 25.7 Å². The van der Waals surface area contributed by atoms with Crippen LogP contribution < -0.4 is 5.43 Å². The van der Waals surface area contributed by atoms with Crippen LogP contribution in [0.25, 0.3) is 0 Å². The Kier molecular flexibility index (Phi) is 6.18. The molecule has 4 rings (SSSR count). The van der Waals surface area contributed by atoms with Crippen LogP contribution in [0.2, 0.25) is 0 Å². The number of nitrogens with one attached hydrogen (secondary N) is 1. The fourth-order valence-electron chi connectivity index (χ4n) is 3.62. The SMILES string of the molecule is CC(C)(C)OC(=O)N[N+]12C=C(N3CCN(C(=O)OC(C)(C)C)CC3)N=CC1=NC(c1ccco1)=N2. The van der Waals surface area contributed by atoms with Gasteiger partial charge in [0.1, 0.15) is 17.4 Å². The van der Waals surface area contributed by atoms with Gasteiger partial charge in [-0.2, -0.15) is 4.99 Å². The summed E-state index contributed by atoms with van der Waals surface area (Å²) in [6, 6.07) is 3.48. The van der Waals surface area contributed by atoms with Crippen molar-refractivity contribution in [1.29, 1.82) is 0 Å². The summed E-state index contributed by atoms with van der Waals surface area (Å²) in [4.78, 5) is 37.9. The maximum absolute atomic E-state index is 12.7. The van der Waals surface area contributed by atoms with Gasteiger partial charge >= 0.3 is 18.0 Å². The third-order valence-corrected chi connectivity index (χ3v) is 5.09. The summed E-state index contributed by atoms with van der Waals surface area (Å²) < 4.78 is 16.0. The molecule has 3 aliphatic rings. The van der Waals surface area contributed by atoms with Gasteiger partial charge in [0.25, 0.3) is 5.84 Å². The van der Waals surface area contributed by atoms with Crippen LogP contribution in [0.5, 0.6) is 0 Å². The van der Waals surface area contributed by atoms with Crippen molar-refractivity contribution < 1.29 is 28.2 Å². The highest BCUT2D eigenvalue weighted by molar-refractivity contribution is 6.31. The highest BCUT2D eigenvalue weighted by Crippen LogP contribution is 2.26. The fraction of sp³-hybridized carbons (Fsp3) is 0.522. The molecule has 0 saturated carbocycles. The van der Waals surface area contributed by atoms with Gasteiger partial charge < -0.3 is 23.7 Å². The molecule has 1 atom stereocenters. The Morgan fingerprint density at radius 1 is 1.06 bits per heavy atom. The summed E-state index contributed by atoms with van der Waals surface area (Å²) >= 11 is 0. The topological polar surface area (TPSA) is 121 Å². The molecule has 12 heteroatoms. The average molecular weight is 487 g/mol. The molecule has 1 aromatic rings. The number of fused-ring (bicyclic) bond motifs is 1. The van der Waals surface area contributed by atoms with Crippen molar-refractivity contribution in [2.45, 2.75) is 52.7 Å². The van der Waals surface area contributed by atoms with E-state index in [0.717, 1.165) is 0 Å². The zero-order chi connectivity index (χ0) is 25.4. The van der Waals surface area contributed by atoms with Crippen molar-refractivity contribution in [3.8, 4) is 0 Å². The van der Waals surface area contributed by atoms with Gasteiger partial charge in [-0.25, -0.2) is 14.6 Å². The summed E-state index contributed by atoms with van der Waals surface area (Å²) in [7, 11) is 0. The molecule has 0 spiro atoms. The quantitative estimate of drug-likeness (QED) is 0.656. The largest absolute Gasteiger partial charge is 0.461 e. The molecule has 188 valence electrons. The van der Waals surface area contributed by atoms with Gasteiger partial charge in [-0.1, -0.05) is 0 Å². The molecule has 0 aromatic carbocycles. The van der Waals surface area contributed by atoms with E-state index in [0.29, 0.717) is 49.4 Å². The summed E-state index contributed by atoms with van der Waals surface area (Å²) in [6.45, 7) is 12.9. The zero-order valence-corrected chi connectivity index (χ0v) is 20.9. The van der Waals surface area contributed by atoms with E-state index in [2.05, 4.69) is 20.5 Å². The van der Waals surface area contributed by atoms with Gasteiger partial charge in [-0.3, -0.25) is 0 Å². The molecule has 1 fully saturated rings. The lowest BCUT2D eigenvalue weighted by Gasteiger charge is -2.37. The standard InChI is InChI=1S/C23H31N7O5/c1-22(2,3)34-20(31)27-30-15-17(24-14-18(30)25-19(26-30)16-8-7-13-33-16)28-9-11-29(12-10-28)21(32)35-23(4,5)6/h7-8,13-15H,9-12H2,1-6H3/p+1. The Balaban J connectivity index is 1.55. The number of amidine groups is 2. The van der Waals surface area contributed by atoms with Gasteiger partial charge in [-0.05, 0) is 63.5 Å². The Hall–Kier alpha value is -3.67. The second kappa shape index (κ2) is 8.84. The van der Waals surface area contributed by atoms with Crippen LogP contribution in [0, 0.1) is 0 Å². The van der Waals surface area contributed by atoms with Gasteiger partial charge in [0.2, 0.25) is 0 Å². The van der Waals surface area contributed by atoms with Crippen LogP contribution in [0.1, 0.15) is 47.3 Å². The number of ether oxygens (including phenoxy) is 2. The Bertz CT molecular complexity index is 1100. The number of carbonyl (C=O) groups is 2. The lowest BCUT2D eigenvalue weighted by atomic mass is 10.2. The van der Waals surface area contributed by atoms with Gasteiger partial charge in [0, 0.05) is 26.2 Å². The number of amides is 2. The first-order chi connectivity index (χ1) is 16.3. The molecule has 0 radical (unpaired) electrons. The number of carbonyl (C=O) groups excluding carboxylic acids is 2. The summed E-state index contributed by atoms with van der Waals surface area (Å²) in [5.74, 6) is 1.76. The highest BCUT2D eigenvalue weighted by Gasteiger charge is 2.47.